The normalized spacial score (nSPS) is 19.3. The third-order valence-corrected chi connectivity index (χ3v) is 5.22. The summed E-state index contributed by atoms with van der Waals surface area (Å²) >= 11 is 0. The molecule has 0 saturated carbocycles. The van der Waals surface area contributed by atoms with Crippen LogP contribution in [0.4, 0.5) is 0 Å². The van der Waals surface area contributed by atoms with E-state index in [2.05, 4.69) is 51.4 Å². The van der Waals surface area contributed by atoms with Crippen LogP contribution in [0.15, 0.2) is 67.3 Å². The molecule has 1 fully saturated rings. The topological polar surface area (TPSA) is 73.1 Å². The molecule has 4 aromatic rings. The number of aliphatic hydroxyl groups excluding tert-OH is 1. The second-order valence-electron chi connectivity index (χ2n) is 6.96. The fourth-order valence-corrected chi connectivity index (χ4v) is 3.75. The monoisotopic (exact) mass is 372 g/mol. The highest BCUT2D eigenvalue weighted by molar-refractivity contribution is 5.87. The number of aromatic nitrogens is 4. The molecule has 0 bridgehead atoms. The van der Waals surface area contributed by atoms with Gasteiger partial charge in [-0.3, -0.25) is 4.57 Å². The maximum Gasteiger partial charge on any atom is 0.165 e. The van der Waals surface area contributed by atoms with Crippen LogP contribution in [-0.4, -0.2) is 37.3 Å². The summed E-state index contributed by atoms with van der Waals surface area (Å²) in [7, 11) is 0. The molecule has 1 aliphatic rings. The minimum atomic E-state index is -0.148. The molecule has 2 unspecified atom stereocenters. The van der Waals surface area contributed by atoms with Crippen LogP contribution in [0.3, 0.4) is 0 Å². The number of hydrogen-bond acceptors (Lipinski definition) is 5. The number of rotatable bonds is 4. The molecular formula is C22H20N4O2. The van der Waals surface area contributed by atoms with Crippen LogP contribution in [0.1, 0.15) is 19.1 Å². The van der Waals surface area contributed by atoms with Gasteiger partial charge in [-0.25, -0.2) is 15.0 Å². The standard InChI is InChI=1S/C22H20N4O2/c27-12-18-10-11-19(28-18)26-14-25-21-20(23-13-24-22(21)26)17-8-6-16(7-9-17)15-4-2-1-3-5-15/h1-9,13-14,18-19,27H,10-12H2. The lowest BCUT2D eigenvalue weighted by Crippen LogP contribution is -2.14. The van der Waals surface area contributed by atoms with Gasteiger partial charge in [-0.2, -0.15) is 0 Å². The fraction of sp³-hybridized carbons (Fsp3) is 0.227. The molecule has 1 saturated heterocycles. The quantitative estimate of drug-likeness (QED) is 0.589. The van der Waals surface area contributed by atoms with Gasteiger partial charge < -0.3 is 9.84 Å². The molecule has 1 aliphatic heterocycles. The first kappa shape index (κ1) is 17.0. The molecule has 5 rings (SSSR count). The summed E-state index contributed by atoms with van der Waals surface area (Å²) in [5, 5.41) is 9.32. The molecule has 0 spiro atoms. The van der Waals surface area contributed by atoms with Crippen molar-refractivity contribution < 1.29 is 9.84 Å². The van der Waals surface area contributed by atoms with E-state index < -0.39 is 0 Å². The van der Waals surface area contributed by atoms with Gasteiger partial charge in [0.25, 0.3) is 0 Å². The Balaban J connectivity index is 1.50. The predicted molar refractivity (Wildman–Crippen MR) is 106 cm³/mol. The summed E-state index contributed by atoms with van der Waals surface area (Å²) in [5.74, 6) is 0. The first-order valence-electron chi connectivity index (χ1n) is 9.43. The number of benzene rings is 2. The Morgan fingerprint density at radius 2 is 1.64 bits per heavy atom. The predicted octanol–water partition coefficient (Wildman–Crippen LogP) is 3.83. The number of hydrogen-bond donors (Lipinski definition) is 1. The third-order valence-electron chi connectivity index (χ3n) is 5.22. The number of aliphatic hydroxyl groups is 1. The number of fused-ring (bicyclic) bond motifs is 1. The largest absolute Gasteiger partial charge is 0.394 e. The summed E-state index contributed by atoms with van der Waals surface area (Å²) in [4.78, 5) is 13.5. The van der Waals surface area contributed by atoms with Gasteiger partial charge >= 0.3 is 0 Å². The van der Waals surface area contributed by atoms with Gasteiger partial charge in [0, 0.05) is 5.56 Å². The van der Waals surface area contributed by atoms with E-state index in [1.807, 2.05) is 22.8 Å². The Morgan fingerprint density at radius 1 is 0.893 bits per heavy atom. The summed E-state index contributed by atoms with van der Waals surface area (Å²) in [6.07, 6.45) is 4.73. The van der Waals surface area contributed by atoms with Crippen LogP contribution in [0.5, 0.6) is 0 Å². The van der Waals surface area contributed by atoms with Gasteiger partial charge in [0.15, 0.2) is 5.65 Å². The van der Waals surface area contributed by atoms with Gasteiger partial charge in [-0.1, -0.05) is 54.6 Å². The summed E-state index contributed by atoms with van der Waals surface area (Å²) in [5.41, 5.74) is 5.65. The minimum Gasteiger partial charge on any atom is -0.394 e. The first-order chi connectivity index (χ1) is 13.8. The molecule has 2 aromatic carbocycles. The number of nitrogens with zero attached hydrogens (tertiary/aromatic N) is 4. The smallest absolute Gasteiger partial charge is 0.165 e. The Morgan fingerprint density at radius 3 is 2.39 bits per heavy atom. The molecule has 0 amide bonds. The van der Waals surface area contributed by atoms with Gasteiger partial charge in [0.05, 0.1) is 19.0 Å². The zero-order chi connectivity index (χ0) is 18.9. The van der Waals surface area contributed by atoms with Crippen molar-refractivity contribution in [1.82, 2.24) is 19.5 Å². The van der Waals surface area contributed by atoms with Crippen molar-refractivity contribution in [3.05, 3.63) is 67.3 Å². The molecule has 140 valence electrons. The Labute approximate surface area is 162 Å². The molecule has 28 heavy (non-hydrogen) atoms. The lowest BCUT2D eigenvalue weighted by molar-refractivity contribution is -0.0207. The molecule has 3 heterocycles. The molecule has 2 aromatic heterocycles. The van der Waals surface area contributed by atoms with Crippen molar-refractivity contribution in [2.24, 2.45) is 0 Å². The van der Waals surface area contributed by atoms with Crippen molar-refractivity contribution in [2.75, 3.05) is 6.61 Å². The van der Waals surface area contributed by atoms with Crippen LogP contribution in [-0.2, 0) is 4.74 Å². The zero-order valence-electron chi connectivity index (χ0n) is 15.3. The van der Waals surface area contributed by atoms with Crippen molar-refractivity contribution in [3.8, 4) is 22.4 Å². The SMILES string of the molecule is OCC1CCC(n2cnc3c(-c4ccc(-c5ccccc5)cc4)ncnc32)O1. The number of imidazole rings is 1. The van der Waals surface area contributed by atoms with E-state index in [0.717, 1.165) is 40.8 Å². The molecular weight excluding hydrogens is 352 g/mol. The maximum atomic E-state index is 9.32. The van der Waals surface area contributed by atoms with E-state index in [-0.39, 0.29) is 18.9 Å². The average molecular weight is 372 g/mol. The molecule has 0 radical (unpaired) electrons. The van der Waals surface area contributed by atoms with Gasteiger partial charge in [-0.05, 0) is 24.0 Å². The van der Waals surface area contributed by atoms with E-state index >= 15 is 0 Å². The fourth-order valence-electron chi connectivity index (χ4n) is 3.75. The second-order valence-corrected chi connectivity index (χ2v) is 6.96. The van der Waals surface area contributed by atoms with E-state index in [1.54, 1.807) is 12.7 Å². The van der Waals surface area contributed by atoms with E-state index in [0.29, 0.717) is 0 Å². The van der Waals surface area contributed by atoms with Crippen LogP contribution in [0.2, 0.25) is 0 Å². The van der Waals surface area contributed by atoms with Gasteiger partial charge in [-0.15, -0.1) is 0 Å². The van der Waals surface area contributed by atoms with Gasteiger partial charge in [0.2, 0.25) is 0 Å². The van der Waals surface area contributed by atoms with Crippen LogP contribution in [0, 0.1) is 0 Å². The van der Waals surface area contributed by atoms with Crippen LogP contribution >= 0.6 is 0 Å². The minimum absolute atomic E-state index is 0.0388. The van der Waals surface area contributed by atoms with Crippen molar-refractivity contribution >= 4 is 11.2 Å². The molecule has 1 N–H and O–H groups in total. The van der Waals surface area contributed by atoms with E-state index in [4.69, 9.17) is 4.74 Å². The van der Waals surface area contributed by atoms with Crippen molar-refractivity contribution in [3.63, 3.8) is 0 Å². The molecule has 2 atom stereocenters. The maximum absolute atomic E-state index is 9.32. The molecule has 6 nitrogen and oxygen atoms in total. The Hall–Kier alpha value is -3.09. The van der Waals surface area contributed by atoms with Crippen LogP contribution in [0.25, 0.3) is 33.5 Å². The molecule has 6 heteroatoms. The summed E-state index contributed by atoms with van der Waals surface area (Å²) in [6.45, 7) is 0.0388. The van der Waals surface area contributed by atoms with E-state index in [1.165, 1.54) is 5.56 Å². The highest BCUT2D eigenvalue weighted by atomic mass is 16.5. The van der Waals surface area contributed by atoms with Gasteiger partial charge in [0.1, 0.15) is 23.8 Å². The third kappa shape index (κ3) is 2.96. The Kier molecular flexibility index (Phi) is 4.35. The highest BCUT2D eigenvalue weighted by Gasteiger charge is 2.27. The lowest BCUT2D eigenvalue weighted by Gasteiger charge is -2.13. The summed E-state index contributed by atoms with van der Waals surface area (Å²) in [6, 6.07) is 18.6. The first-order valence-corrected chi connectivity index (χ1v) is 9.43. The highest BCUT2D eigenvalue weighted by Crippen LogP contribution is 2.32. The zero-order valence-corrected chi connectivity index (χ0v) is 15.3. The Bertz CT molecular complexity index is 1090. The lowest BCUT2D eigenvalue weighted by atomic mass is 10.0. The van der Waals surface area contributed by atoms with Crippen molar-refractivity contribution in [2.45, 2.75) is 25.2 Å². The number of ether oxygens (including phenoxy) is 1. The van der Waals surface area contributed by atoms with Crippen LogP contribution < -0.4 is 0 Å². The van der Waals surface area contributed by atoms with E-state index in [9.17, 15) is 5.11 Å². The average Bonchev–Trinajstić information content (AvgIpc) is 3.41. The second kappa shape index (κ2) is 7.14. The molecule has 0 aliphatic carbocycles. The summed E-state index contributed by atoms with van der Waals surface area (Å²) < 4.78 is 7.82. The van der Waals surface area contributed by atoms with Crippen molar-refractivity contribution in [1.29, 1.82) is 0 Å².